The molecule has 0 aromatic rings. The molecule has 0 aromatic heterocycles. The van der Waals surface area contributed by atoms with E-state index in [1.165, 1.54) is 77.0 Å². The first kappa shape index (κ1) is 20.0. The molecule has 0 nitrogen and oxygen atoms in total. The molecule has 0 spiro atoms. The molecule has 0 heterocycles. The standard InChI is InChI=1S/C23H41Si/c1-23(2,3)22-20(17-18-21(22)24(4)5)19-15-13-11-9-7-6-8-10-12-14-16-19/h18,24H,6-17H2,1-5H3. The fourth-order valence-electron chi connectivity index (χ4n) is 4.66. The molecule has 0 N–H and O–H groups in total. The summed E-state index contributed by atoms with van der Waals surface area (Å²) in [5.41, 5.74) is 3.84. The van der Waals surface area contributed by atoms with Crippen LogP contribution in [0, 0.1) is 11.3 Å². The molecular weight excluding hydrogens is 304 g/mol. The maximum Gasteiger partial charge on any atom is 0.0647 e. The normalized spacial score (nSPS) is 23.2. The highest BCUT2D eigenvalue weighted by Gasteiger charge is 2.32. The molecule has 1 heteroatoms. The lowest BCUT2D eigenvalue weighted by atomic mass is 9.78. The lowest BCUT2D eigenvalue weighted by Gasteiger charge is -2.30. The largest absolute Gasteiger partial charge is 0.0812 e. The van der Waals surface area contributed by atoms with Crippen LogP contribution in [0.5, 0.6) is 0 Å². The molecule has 1 fully saturated rings. The van der Waals surface area contributed by atoms with Crippen molar-refractivity contribution in [3.8, 4) is 0 Å². The Labute approximate surface area is 153 Å². The predicted molar refractivity (Wildman–Crippen MR) is 112 cm³/mol. The summed E-state index contributed by atoms with van der Waals surface area (Å²) < 4.78 is 0. The monoisotopic (exact) mass is 345 g/mol. The van der Waals surface area contributed by atoms with Gasteiger partial charge >= 0.3 is 0 Å². The van der Waals surface area contributed by atoms with E-state index in [-0.39, 0.29) is 0 Å². The summed E-state index contributed by atoms with van der Waals surface area (Å²) >= 11 is 0. The third-order valence-electron chi connectivity index (χ3n) is 5.87. The van der Waals surface area contributed by atoms with Gasteiger partial charge in [-0.05, 0) is 30.3 Å². The predicted octanol–water partition coefficient (Wildman–Crippen LogP) is 7.56. The Morgan fingerprint density at radius 1 is 0.750 bits per heavy atom. The summed E-state index contributed by atoms with van der Waals surface area (Å²) in [6.45, 7) is 12.3. The lowest BCUT2D eigenvalue weighted by Crippen LogP contribution is -2.20. The molecule has 2 rings (SSSR count). The maximum absolute atomic E-state index is 2.61. The van der Waals surface area contributed by atoms with Crippen LogP contribution in [0.4, 0.5) is 0 Å². The zero-order valence-electron chi connectivity index (χ0n) is 17.1. The minimum absolute atomic E-state index is 0.311. The van der Waals surface area contributed by atoms with Crippen LogP contribution in [0.2, 0.25) is 13.1 Å². The molecule has 1 radical (unpaired) electrons. The molecule has 0 atom stereocenters. The Bertz CT molecular complexity index is 435. The van der Waals surface area contributed by atoms with Crippen molar-refractivity contribution in [2.24, 2.45) is 5.41 Å². The summed E-state index contributed by atoms with van der Waals surface area (Å²) in [7, 11) is -0.733. The van der Waals surface area contributed by atoms with Gasteiger partial charge in [-0.1, -0.05) is 108 Å². The summed E-state index contributed by atoms with van der Waals surface area (Å²) in [5, 5.41) is 1.77. The molecule has 0 aliphatic heterocycles. The summed E-state index contributed by atoms with van der Waals surface area (Å²) in [5.74, 6) is 1.83. The molecule has 24 heavy (non-hydrogen) atoms. The van der Waals surface area contributed by atoms with Gasteiger partial charge in [-0.25, -0.2) is 0 Å². The minimum atomic E-state index is -0.733. The highest BCUT2D eigenvalue weighted by atomic mass is 28.3. The van der Waals surface area contributed by atoms with Crippen molar-refractivity contribution < 1.29 is 0 Å². The first-order chi connectivity index (χ1) is 11.4. The van der Waals surface area contributed by atoms with Crippen LogP contribution in [-0.4, -0.2) is 8.80 Å². The molecule has 0 amide bonds. The van der Waals surface area contributed by atoms with E-state index in [0.717, 1.165) is 0 Å². The molecule has 0 bridgehead atoms. The van der Waals surface area contributed by atoms with E-state index < -0.39 is 8.80 Å². The average molecular weight is 346 g/mol. The van der Waals surface area contributed by atoms with Gasteiger partial charge in [-0.3, -0.25) is 0 Å². The Kier molecular flexibility index (Phi) is 7.85. The lowest BCUT2D eigenvalue weighted by molar-refractivity contribution is 0.498. The van der Waals surface area contributed by atoms with E-state index in [1.807, 2.05) is 5.92 Å². The van der Waals surface area contributed by atoms with Crippen LogP contribution < -0.4 is 0 Å². The van der Waals surface area contributed by atoms with E-state index in [2.05, 4.69) is 39.9 Å². The van der Waals surface area contributed by atoms with Gasteiger partial charge in [0.15, 0.2) is 0 Å². The smallest absolute Gasteiger partial charge is 0.0647 e. The highest BCUT2D eigenvalue weighted by molar-refractivity contribution is 6.65. The summed E-state index contributed by atoms with van der Waals surface area (Å²) in [4.78, 5) is 0. The Balaban J connectivity index is 2.18. The molecule has 0 aromatic carbocycles. The molecule has 0 saturated heterocycles. The quantitative estimate of drug-likeness (QED) is 0.453. The summed E-state index contributed by atoms with van der Waals surface area (Å²) in [6, 6.07) is 0. The van der Waals surface area contributed by atoms with Gasteiger partial charge in [0, 0.05) is 5.92 Å². The first-order valence-electron chi connectivity index (χ1n) is 10.7. The van der Waals surface area contributed by atoms with Crippen molar-refractivity contribution >= 4 is 8.80 Å². The molecule has 1 saturated carbocycles. The van der Waals surface area contributed by atoms with Gasteiger partial charge in [0.25, 0.3) is 0 Å². The van der Waals surface area contributed by atoms with Crippen LogP contribution in [0.15, 0.2) is 22.4 Å². The minimum Gasteiger partial charge on any atom is -0.0812 e. The molecule has 0 unspecified atom stereocenters. The van der Waals surface area contributed by atoms with Crippen molar-refractivity contribution in [1.82, 2.24) is 0 Å². The second kappa shape index (κ2) is 9.41. The zero-order chi connectivity index (χ0) is 17.6. The SMILES string of the molecule is C[SiH](C)C1=CCC([C]2CCCCCCCCCCC2)=C1C(C)(C)C. The van der Waals surface area contributed by atoms with Gasteiger partial charge in [-0.2, -0.15) is 0 Å². The first-order valence-corrected chi connectivity index (χ1v) is 13.6. The molecule has 2 aliphatic carbocycles. The summed E-state index contributed by atoms with van der Waals surface area (Å²) in [6.07, 6.45) is 19.6. The molecule has 2 aliphatic rings. The van der Waals surface area contributed by atoms with Gasteiger partial charge in [0.2, 0.25) is 0 Å². The second-order valence-electron chi connectivity index (χ2n) is 9.41. The number of hydrogen-bond donors (Lipinski definition) is 0. The highest BCUT2D eigenvalue weighted by Crippen LogP contribution is 2.46. The van der Waals surface area contributed by atoms with Crippen LogP contribution in [-0.2, 0) is 0 Å². The van der Waals surface area contributed by atoms with Crippen molar-refractivity contribution in [3.05, 3.63) is 28.3 Å². The van der Waals surface area contributed by atoms with Crippen LogP contribution >= 0.6 is 0 Å². The Morgan fingerprint density at radius 3 is 1.62 bits per heavy atom. The molecule has 137 valence electrons. The Hall–Kier alpha value is -0.303. The van der Waals surface area contributed by atoms with Gasteiger partial charge in [-0.15, -0.1) is 0 Å². The van der Waals surface area contributed by atoms with E-state index in [1.54, 1.807) is 16.3 Å². The topological polar surface area (TPSA) is 0 Å². The van der Waals surface area contributed by atoms with Crippen molar-refractivity contribution in [2.75, 3.05) is 0 Å². The van der Waals surface area contributed by atoms with Gasteiger partial charge in [0.05, 0.1) is 8.80 Å². The fourth-order valence-corrected chi connectivity index (χ4v) is 6.44. The number of allylic oxidation sites excluding steroid dienone is 4. The average Bonchev–Trinajstić information content (AvgIpc) is 2.93. The van der Waals surface area contributed by atoms with Crippen molar-refractivity contribution in [1.29, 1.82) is 0 Å². The van der Waals surface area contributed by atoms with Crippen molar-refractivity contribution in [3.63, 3.8) is 0 Å². The van der Waals surface area contributed by atoms with E-state index in [9.17, 15) is 0 Å². The fraction of sp³-hybridized carbons (Fsp3) is 0.783. The van der Waals surface area contributed by atoms with Crippen LogP contribution in [0.3, 0.4) is 0 Å². The van der Waals surface area contributed by atoms with Crippen molar-refractivity contribution in [2.45, 2.75) is 111 Å². The van der Waals surface area contributed by atoms with Gasteiger partial charge < -0.3 is 0 Å². The number of rotatable bonds is 2. The zero-order valence-corrected chi connectivity index (χ0v) is 18.3. The van der Waals surface area contributed by atoms with Crippen LogP contribution in [0.25, 0.3) is 0 Å². The molecular formula is C23H41Si. The van der Waals surface area contributed by atoms with Gasteiger partial charge in [0.1, 0.15) is 0 Å². The van der Waals surface area contributed by atoms with Crippen LogP contribution in [0.1, 0.15) is 97.8 Å². The van der Waals surface area contributed by atoms with E-state index in [4.69, 9.17) is 0 Å². The van der Waals surface area contributed by atoms with E-state index in [0.29, 0.717) is 5.41 Å². The maximum atomic E-state index is 2.61. The Morgan fingerprint density at radius 2 is 1.21 bits per heavy atom. The number of hydrogen-bond acceptors (Lipinski definition) is 0. The third kappa shape index (κ3) is 5.61. The van der Waals surface area contributed by atoms with E-state index >= 15 is 0 Å². The second-order valence-corrected chi connectivity index (χ2v) is 12.3. The third-order valence-corrected chi connectivity index (χ3v) is 7.64.